The maximum atomic E-state index is 12.0. The zero-order chi connectivity index (χ0) is 16.1. The summed E-state index contributed by atoms with van der Waals surface area (Å²) in [5, 5.41) is 10.2. The topological polar surface area (TPSA) is 93.2 Å². The third-order valence-corrected chi connectivity index (χ3v) is 4.34. The summed E-state index contributed by atoms with van der Waals surface area (Å²) in [5.74, 6) is 0.966. The molecule has 7 nitrogen and oxygen atoms in total. The maximum absolute atomic E-state index is 12.0. The number of aryl methyl sites for hydroxylation is 1. The maximum Gasteiger partial charge on any atom is 0.227 e. The highest BCUT2D eigenvalue weighted by atomic mass is 35.5. The quantitative estimate of drug-likeness (QED) is 0.826. The molecule has 0 spiro atoms. The fourth-order valence-corrected chi connectivity index (χ4v) is 2.69. The molecule has 24 heavy (non-hydrogen) atoms. The summed E-state index contributed by atoms with van der Waals surface area (Å²) < 4.78 is 10.1. The van der Waals surface area contributed by atoms with Gasteiger partial charge in [-0.15, -0.1) is 12.4 Å². The van der Waals surface area contributed by atoms with Crippen LogP contribution < -0.4 is 10.6 Å². The zero-order valence-electron chi connectivity index (χ0n) is 13.7. The second kappa shape index (κ2) is 8.30. The van der Waals surface area contributed by atoms with Crippen molar-refractivity contribution in [1.82, 2.24) is 20.8 Å². The van der Waals surface area contributed by atoms with Gasteiger partial charge in [0, 0.05) is 19.4 Å². The summed E-state index contributed by atoms with van der Waals surface area (Å²) in [6, 6.07) is 1.76. The number of hydrogen-bond donors (Lipinski definition) is 2. The number of furan rings is 1. The summed E-state index contributed by atoms with van der Waals surface area (Å²) in [5.41, 5.74) is 0.961. The van der Waals surface area contributed by atoms with Gasteiger partial charge in [-0.1, -0.05) is 12.1 Å². The van der Waals surface area contributed by atoms with E-state index >= 15 is 0 Å². The molecule has 2 aromatic rings. The van der Waals surface area contributed by atoms with Crippen molar-refractivity contribution >= 4 is 18.3 Å². The number of aromatic nitrogens is 2. The van der Waals surface area contributed by atoms with E-state index < -0.39 is 0 Å². The number of carbonyl (C=O) groups excluding carboxylic acids is 1. The molecule has 0 atom stereocenters. The number of nitrogens with one attached hydrogen (secondary N) is 2. The molecule has 0 bridgehead atoms. The van der Waals surface area contributed by atoms with Gasteiger partial charge in [0.1, 0.15) is 6.26 Å². The minimum Gasteiger partial charge on any atom is -0.472 e. The number of rotatable bonds is 6. The molecular formula is C16H23ClN4O3. The van der Waals surface area contributed by atoms with E-state index in [2.05, 4.69) is 27.7 Å². The van der Waals surface area contributed by atoms with E-state index in [0.29, 0.717) is 24.6 Å². The highest BCUT2D eigenvalue weighted by molar-refractivity contribution is 5.85. The summed E-state index contributed by atoms with van der Waals surface area (Å²) in [7, 11) is 0. The molecule has 0 saturated carbocycles. The number of hydrogen-bond acceptors (Lipinski definition) is 6. The second-order valence-corrected chi connectivity index (χ2v) is 6.36. The smallest absolute Gasteiger partial charge is 0.227 e. The molecule has 3 rings (SSSR count). The van der Waals surface area contributed by atoms with E-state index in [9.17, 15) is 4.79 Å². The molecule has 0 radical (unpaired) electrons. The van der Waals surface area contributed by atoms with Crippen LogP contribution in [0.5, 0.6) is 0 Å². The van der Waals surface area contributed by atoms with E-state index in [0.717, 1.165) is 38.0 Å². The van der Waals surface area contributed by atoms with Crippen LogP contribution >= 0.6 is 12.4 Å². The summed E-state index contributed by atoms with van der Waals surface area (Å²) >= 11 is 0. The lowest BCUT2D eigenvalue weighted by molar-refractivity contribution is -0.121. The van der Waals surface area contributed by atoms with Crippen molar-refractivity contribution in [2.75, 3.05) is 19.6 Å². The molecule has 1 aliphatic rings. The Kier molecular flexibility index (Phi) is 6.39. The normalized spacial score (nSPS) is 16.4. The molecule has 1 aliphatic heterocycles. The van der Waals surface area contributed by atoms with Crippen molar-refractivity contribution in [2.24, 2.45) is 5.41 Å². The Labute approximate surface area is 147 Å². The predicted octanol–water partition coefficient (Wildman–Crippen LogP) is 2.19. The van der Waals surface area contributed by atoms with Crippen LogP contribution in [-0.2, 0) is 11.2 Å². The Morgan fingerprint density at radius 1 is 1.42 bits per heavy atom. The minimum absolute atomic E-state index is 0. The first kappa shape index (κ1) is 18.5. The lowest BCUT2D eigenvalue weighted by atomic mass is 9.81. The standard InChI is InChI=1S/C16H22N4O3.ClH/c1-16(5-7-17-8-6-16)11-18-13(21)2-3-14-19-15(20-23-14)12-4-9-22-10-12;/h4,9-10,17H,2-3,5-8,11H2,1H3,(H,18,21);1H. The SMILES string of the molecule is CC1(CNC(=O)CCc2nc(-c3ccoc3)no2)CCNCC1.Cl. The van der Waals surface area contributed by atoms with E-state index in [4.69, 9.17) is 8.94 Å². The lowest BCUT2D eigenvalue weighted by Gasteiger charge is -2.34. The van der Waals surface area contributed by atoms with Crippen LogP contribution in [0.15, 0.2) is 27.5 Å². The van der Waals surface area contributed by atoms with Crippen LogP contribution in [0.4, 0.5) is 0 Å². The monoisotopic (exact) mass is 354 g/mol. The number of amides is 1. The molecule has 8 heteroatoms. The van der Waals surface area contributed by atoms with Gasteiger partial charge in [-0.3, -0.25) is 4.79 Å². The predicted molar refractivity (Wildman–Crippen MR) is 90.8 cm³/mol. The number of carbonyl (C=O) groups is 1. The molecular weight excluding hydrogens is 332 g/mol. The minimum atomic E-state index is 0. The first-order valence-electron chi connectivity index (χ1n) is 7.97. The molecule has 3 heterocycles. The van der Waals surface area contributed by atoms with Gasteiger partial charge in [0.05, 0.1) is 11.8 Å². The highest BCUT2D eigenvalue weighted by Crippen LogP contribution is 2.26. The van der Waals surface area contributed by atoms with Gasteiger partial charge < -0.3 is 19.6 Å². The molecule has 132 valence electrons. The first-order chi connectivity index (χ1) is 11.1. The van der Waals surface area contributed by atoms with Crippen LogP contribution in [0.1, 0.15) is 32.1 Å². The highest BCUT2D eigenvalue weighted by Gasteiger charge is 2.26. The number of nitrogens with zero attached hydrogens (tertiary/aromatic N) is 2. The van der Waals surface area contributed by atoms with Crippen LogP contribution in [-0.4, -0.2) is 35.7 Å². The van der Waals surface area contributed by atoms with Crippen molar-refractivity contribution in [3.05, 3.63) is 24.5 Å². The Bertz CT molecular complexity index is 636. The zero-order valence-corrected chi connectivity index (χ0v) is 14.5. The fraction of sp³-hybridized carbons (Fsp3) is 0.562. The number of halogens is 1. The molecule has 1 saturated heterocycles. The van der Waals surface area contributed by atoms with Gasteiger partial charge in [-0.05, 0) is 37.4 Å². The Balaban J connectivity index is 0.00000208. The van der Waals surface area contributed by atoms with E-state index in [1.54, 1.807) is 18.6 Å². The van der Waals surface area contributed by atoms with Gasteiger partial charge >= 0.3 is 0 Å². The Morgan fingerprint density at radius 3 is 2.92 bits per heavy atom. The molecule has 2 aromatic heterocycles. The number of piperidine rings is 1. The van der Waals surface area contributed by atoms with Crippen LogP contribution in [0, 0.1) is 5.41 Å². The van der Waals surface area contributed by atoms with E-state index in [-0.39, 0.29) is 23.7 Å². The lowest BCUT2D eigenvalue weighted by Crippen LogP contribution is -2.42. The van der Waals surface area contributed by atoms with E-state index in [1.165, 1.54) is 0 Å². The first-order valence-corrected chi connectivity index (χ1v) is 7.97. The third kappa shape index (κ3) is 4.82. The summed E-state index contributed by atoms with van der Waals surface area (Å²) in [4.78, 5) is 16.3. The van der Waals surface area contributed by atoms with Gasteiger partial charge in [0.2, 0.25) is 17.6 Å². The van der Waals surface area contributed by atoms with Gasteiger partial charge in [-0.2, -0.15) is 4.98 Å². The fourth-order valence-electron chi connectivity index (χ4n) is 2.69. The van der Waals surface area contributed by atoms with Gasteiger partial charge in [-0.25, -0.2) is 0 Å². The largest absolute Gasteiger partial charge is 0.472 e. The Hall–Kier alpha value is -1.86. The van der Waals surface area contributed by atoms with Crippen molar-refractivity contribution in [3.63, 3.8) is 0 Å². The van der Waals surface area contributed by atoms with Gasteiger partial charge in [0.15, 0.2) is 0 Å². The second-order valence-electron chi connectivity index (χ2n) is 6.36. The van der Waals surface area contributed by atoms with Crippen LogP contribution in [0.3, 0.4) is 0 Å². The van der Waals surface area contributed by atoms with Crippen LogP contribution in [0.25, 0.3) is 11.4 Å². The average molecular weight is 355 g/mol. The van der Waals surface area contributed by atoms with Crippen molar-refractivity contribution < 1.29 is 13.7 Å². The summed E-state index contributed by atoms with van der Waals surface area (Å²) in [6.45, 7) is 4.98. The Morgan fingerprint density at radius 2 is 2.21 bits per heavy atom. The third-order valence-electron chi connectivity index (χ3n) is 4.34. The van der Waals surface area contributed by atoms with E-state index in [1.807, 2.05) is 0 Å². The van der Waals surface area contributed by atoms with Crippen molar-refractivity contribution in [1.29, 1.82) is 0 Å². The van der Waals surface area contributed by atoms with Gasteiger partial charge in [0.25, 0.3) is 0 Å². The van der Waals surface area contributed by atoms with Crippen molar-refractivity contribution in [2.45, 2.75) is 32.6 Å². The molecule has 0 aromatic carbocycles. The van der Waals surface area contributed by atoms with Crippen LogP contribution in [0.2, 0.25) is 0 Å². The molecule has 0 unspecified atom stereocenters. The molecule has 0 aliphatic carbocycles. The van der Waals surface area contributed by atoms with Crippen molar-refractivity contribution in [3.8, 4) is 11.4 Å². The molecule has 1 amide bonds. The molecule has 2 N–H and O–H groups in total. The summed E-state index contributed by atoms with van der Waals surface area (Å²) in [6.07, 6.45) is 6.08. The average Bonchev–Trinajstić information content (AvgIpc) is 3.23. The molecule has 1 fully saturated rings.